The molecule has 0 radical (unpaired) electrons. The van der Waals surface area contributed by atoms with Crippen LogP contribution in [-0.4, -0.2) is 68.5 Å². The summed E-state index contributed by atoms with van der Waals surface area (Å²) in [5.41, 5.74) is 1.45. The van der Waals surface area contributed by atoms with E-state index in [-0.39, 0.29) is 35.8 Å². The predicted octanol–water partition coefficient (Wildman–Crippen LogP) is 4.30. The molecule has 2 aromatic heterocycles. The maximum Gasteiger partial charge on any atom is 0.335 e. The van der Waals surface area contributed by atoms with Crippen molar-refractivity contribution in [2.24, 2.45) is 5.92 Å². The van der Waals surface area contributed by atoms with Gasteiger partial charge in [0.2, 0.25) is 0 Å². The van der Waals surface area contributed by atoms with Crippen LogP contribution in [0.4, 0.5) is 11.5 Å². The number of carbonyl (C=O) groups excluding carboxylic acids is 2. The average molecular weight is 593 g/mol. The van der Waals surface area contributed by atoms with Crippen LogP contribution in [0.1, 0.15) is 56.0 Å². The van der Waals surface area contributed by atoms with Crippen LogP contribution in [0.25, 0.3) is 10.9 Å². The molecule has 1 aromatic carbocycles. The third-order valence-electron chi connectivity index (χ3n) is 7.82. The van der Waals surface area contributed by atoms with E-state index in [0.717, 1.165) is 17.9 Å². The fourth-order valence-electron chi connectivity index (χ4n) is 5.53. The van der Waals surface area contributed by atoms with Crippen molar-refractivity contribution in [2.75, 3.05) is 30.8 Å². The van der Waals surface area contributed by atoms with E-state index in [9.17, 15) is 19.6 Å². The highest BCUT2D eigenvalue weighted by atomic mass is 32.2. The highest BCUT2D eigenvalue weighted by molar-refractivity contribution is 8.00. The van der Waals surface area contributed by atoms with Crippen molar-refractivity contribution in [3.63, 3.8) is 0 Å². The number of hydrogen-bond acceptors (Lipinski definition) is 9. The van der Waals surface area contributed by atoms with E-state index in [1.165, 1.54) is 0 Å². The molecular formula is C30H36N6O5S. The van der Waals surface area contributed by atoms with Gasteiger partial charge in [-0.1, -0.05) is 13.8 Å². The first-order valence-corrected chi connectivity index (χ1v) is 15.2. The van der Waals surface area contributed by atoms with Gasteiger partial charge in [0, 0.05) is 29.7 Å². The lowest BCUT2D eigenvalue weighted by molar-refractivity contribution is -0.166. The largest absolute Gasteiger partial charge is 0.463 e. The van der Waals surface area contributed by atoms with Crippen molar-refractivity contribution in [1.82, 2.24) is 19.7 Å². The molecule has 2 fully saturated rings. The summed E-state index contributed by atoms with van der Waals surface area (Å²) in [5, 5.41) is 18.3. The van der Waals surface area contributed by atoms with Gasteiger partial charge in [-0.15, -0.1) is 11.8 Å². The lowest BCUT2D eigenvalue weighted by Gasteiger charge is -2.38. The number of aromatic nitrogens is 3. The molecule has 4 heterocycles. The maximum atomic E-state index is 13.1. The number of aryl methyl sites for hydroxylation is 1. The Morgan fingerprint density at radius 3 is 2.81 bits per heavy atom. The number of fused-ring (bicyclic) bond motifs is 1. The first kappa shape index (κ1) is 29.7. The fraction of sp³-hybridized carbons (Fsp3) is 0.500. The topological polar surface area (TPSA) is 142 Å². The monoisotopic (exact) mass is 592 g/mol. The zero-order chi connectivity index (χ0) is 30.0. The van der Waals surface area contributed by atoms with Gasteiger partial charge in [0.1, 0.15) is 5.39 Å². The number of anilines is 2. The van der Waals surface area contributed by atoms with Gasteiger partial charge in [0.05, 0.1) is 42.1 Å². The molecule has 11 nitrogen and oxygen atoms in total. The number of hydrogen-bond donors (Lipinski definition) is 2. The fourth-order valence-corrected chi connectivity index (χ4v) is 6.55. The number of H-pyrrole nitrogens is 1. The summed E-state index contributed by atoms with van der Waals surface area (Å²) < 4.78 is 13.0. The van der Waals surface area contributed by atoms with E-state index >= 15 is 0 Å². The Morgan fingerprint density at radius 2 is 2.17 bits per heavy atom. The summed E-state index contributed by atoms with van der Waals surface area (Å²) in [6, 6.07) is 9.46. The van der Waals surface area contributed by atoms with Gasteiger partial charge in [-0.2, -0.15) is 10.4 Å². The Balaban J connectivity index is 1.43. The van der Waals surface area contributed by atoms with Crippen molar-refractivity contribution in [3.8, 4) is 6.07 Å². The second-order valence-electron chi connectivity index (χ2n) is 11.4. The lowest BCUT2D eigenvalue weighted by atomic mass is 9.87. The van der Waals surface area contributed by atoms with Crippen LogP contribution >= 0.6 is 11.8 Å². The van der Waals surface area contributed by atoms with Crippen LogP contribution < -0.4 is 10.9 Å². The van der Waals surface area contributed by atoms with Gasteiger partial charge >= 0.3 is 5.97 Å². The molecule has 2 saturated heterocycles. The molecule has 2 N–H and O–H groups in total. The predicted molar refractivity (Wildman–Crippen MR) is 161 cm³/mol. The Bertz CT molecular complexity index is 1580. The summed E-state index contributed by atoms with van der Waals surface area (Å²) >= 11 is 1.76. The molecular weight excluding hydrogens is 556 g/mol. The molecule has 0 spiro atoms. The van der Waals surface area contributed by atoms with Crippen molar-refractivity contribution in [1.29, 1.82) is 5.26 Å². The zero-order valence-electron chi connectivity index (χ0n) is 24.3. The number of carbonyl (C=O) groups is 2. The van der Waals surface area contributed by atoms with E-state index in [1.54, 1.807) is 40.8 Å². The van der Waals surface area contributed by atoms with Gasteiger partial charge in [-0.3, -0.25) is 14.3 Å². The number of amides is 1. The number of pyridine rings is 1. The number of nitrogens with zero attached hydrogens (tertiary/aromatic N) is 4. The molecule has 0 aliphatic carbocycles. The van der Waals surface area contributed by atoms with Crippen LogP contribution in [0.3, 0.4) is 0 Å². The molecule has 0 bridgehead atoms. The SMILES string of the molecule is Cc1cc(Nc2nn([C@]3(CC#N)CC[C@@H](C(=O)OCC(C)C)OC3)c3cc[nH]c(=O)c23)ccc1C(=O)N1CCSC1C. The first-order valence-electron chi connectivity index (χ1n) is 14.2. The normalized spacial score (nSPS) is 22.3. The third kappa shape index (κ3) is 5.76. The van der Waals surface area contributed by atoms with Crippen LogP contribution in [0.2, 0.25) is 0 Å². The molecule has 222 valence electrons. The first-order chi connectivity index (χ1) is 20.1. The Hall–Kier alpha value is -3.82. The lowest BCUT2D eigenvalue weighted by Crippen LogP contribution is -2.47. The number of nitriles is 1. The molecule has 5 rings (SSSR count). The number of nitrogens with one attached hydrogen (secondary N) is 2. The highest BCUT2D eigenvalue weighted by Gasteiger charge is 2.42. The van der Waals surface area contributed by atoms with E-state index in [0.29, 0.717) is 47.4 Å². The van der Waals surface area contributed by atoms with E-state index in [2.05, 4.69) is 16.4 Å². The molecule has 1 unspecified atom stereocenters. The van der Waals surface area contributed by atoms with Crippen molar-refractivity contribution in [3.05, 3.63) is 51.9 Å². The van der Waals surface area contributed by atoms with E-state index < -0.39 is 17.6 Å². The Labute approximate surface area is 248 Å². The molecule has 2 aliphatic rings. The maximum absolute atomic E-state index is 13.1. The quantitative estimate of drug-likeness (QED) is 0.366. The highest BCUT2D eigenvalue weighted by Crippen LogP contribution is 2.37. The van der Waals surface area contributed by atoms with Crippen molar-refractivity contribution < 1.29 is 19.1 Å². The molecule has 12 heteroatoms. The molecule has 3 aromatic rings. The summed E-state index contributed by atoms with van der Waals surface area (Å²) in [7, 11) is 0. The minimum Gasteiger partial charge on any atom is -0.463 e. The molecule has 3 atom stereocenters. The molecule has 2 aliphatic heterocycles. The summed E-state index contributed by atoms with van der Waals surface area (Å²) in [6.45, 7) is 8.96. The number of ether oxygens (including phenoxy) is 2. The third-order valence-corrected chi connectivity index (χ3v) is 8.97. The van der Waals surface area contributed by atoms with E-state index in [4.69, 9.17) is 14.6 Å². The summed E-state index contributed by atoms with van der Waals surface area (Å²) in [4.78, 5) is 43.3. The Morgan fingerprint density at radius 1 is 1.36 bits per heavy atom. The van der Waals surface area contributed by atoms with Gasteiger partial charge in [0.15, 0.2) is 11.9 Å². The number of esters is 1. The van der Waals surface area contributed by atoms with Crippen molar-refractivity contribution >= 4 is 46.0 Å². The zero-order valence-corrected chi connectivity index (χ0v) is 25.1. The van der Waals surface area contributed by atoms with Crippen LogP contribution in [0, 0.1) is 24.2 Å². The smallest absolute Gasteiger partial charge is 0.335 e. The molecule has 42 heavy (non-hydrogen) atoms. The average Bonchev–Trinajstić information content (AvgIpc) is 3.56. The number of aromatic amines is 1. The minimum atomic E-state index is -0.883. The van der Waals surface area contributed by atoms with Gasteiger partial charge < -0.3 is 24.7 Å². The van der Waals surface area contributed by atoms with Crippen LogP contribution in [0.5, 0.6) is 0 Å². The van der Waals surface area contributed by atoms with Gasteiger partial charge in [-0.25, -0.2) is 4.79 Å². The number of thioether (sulfide) groups is 1. The second kappa shape index (κ2) is 12.2. The second-order valence-corrected chi connectivity index (χ2v) is 12.8. The van der Waals surface area contributed by atoms with Gasteiger partial charge in [0.25, 0.3) is 11.5 Å². The van der Waals surface area contributed by atoms with Gasteiger partial charge in [-0.05, 0) is 62.4 Å². The van der Waals surface area contributed by atoms with Crippen LogP contribution in [-0.2, 0) is 19.8 Å². The van der Waals surface area contributed by atoms with E-state index in [1.807, 2.05) is 38.7 Å². The summed E-state index contributed by atoms with van der Waals surface area (Å²) in [6.07, 6.45) is 1.70. The summed E-state index contributed by atoms with van der Waals surface area (Å²) in [5.74, 6) is 1.06. The molecule has 1 amide bonds. The standard InChI is InChI=1S/C30H36N6O5S/c1-18(2)16-40-29(39)24-7-9-30(10-11-31,17-41-24)36-23-8-12-32-27(37)25(23)26(34-36)33-21-5-6-22(19(3)15-21)28(38)35-13-14-42-20(35)4/h5-6,8,12,15,18,20,24H,7,9-10,13-14,16-17H2,1-4H3,(H,32,37)(H,33,34)/t20?,24-,30-/m0/s1. The number of rotatable bonds is 8. The number of benzene rings is 1. The molecule has 0 saturated carbocycles. The van der Waals surface area contributed by atoms with Crippen molar-refractivity contribution in [2.45, 2.75) is 64.0 Å². The minimum absolute atomic E-state index is 0.00450. The van der Waals surface area contributed by atoms with Crippen LogP contribution in [0.15, 0.2) is 35.3 Å². The Kier molecular flexibility index (Phi) is 8.61.